The van der Waals surface area contributed by atoms with Crippen molar-refractivity contribution in [3.05, 3.63) is 0 Å². The molecule has 0 fully saturated rings. The van der Waals surface area contributed by atoms with Crippen LogP contribution in [-0.2, 0) is 4.74 Å². The van der Waals surface area contributed by atoms with Crippen LogP contribution in [0.5, 0.6) is 0 Å². The van der Waals surface area contributed by atoms with Gasteiger partial charge >= 0.3 is 19.3 Å². The Balaban J connectivity index is 3.63. The van der Waals surface area contributed by atoms with Crippen molar-refractivity contribution in [2.45, 2.75) is 44.0 Å². The van der Waals surface area contributed by atoms with E-state index in [1.165, 1.54) is 0 Å². The lowest BCUT2D eigenvalue weighted by atomic mass is 10.2. The topological polar surface area (TPSA) is 9.23 Å². The third-order valence-electron chi connectivity index (χ3n) is 1.15. The average molecular weight is 175 g/mol. The molecule has 0 aliphatic rings. The zero-order chi connectivity index (χ0) is 8.20. The molecule has 0 aliphatic heterocycles. The lowest BCUT2D eigenvalue weighted by Gasteiger charge is -2.25. The maximum absolute atomic E-state index is 5.79. The fourth-order valence-electron chi connectivity index (χ4n) is 0.724. The van der Waals surface area contributed by atoms with Crippen LogP contribution in [0, 0.1) is 0 Å². The fraction of sp³-hybridized carbons (Fsp3) is 1.00. The van der Waals surface area contributed by atoms with Crippen LogP contribution in [0.1, 0.15) is 34.1 Å². The Morgan fingerprint density at radius 1 is 1.50 bits per heavy atom. The summed E-state index contributed by atoms with van der Waals surface area (Å²) in [6, 6.07) is 0. The first kappa shape index (κ1) is 11.0. The molecule has 1 nitrogen and oxygen atoms in total. The summed E-state index contributed by atoms with van der Waals surface area (Å²) < 4.78 is 6.01. The molecular weight excluding hydrogens is 160 g/mol. The van der Waals surface area contributed by atoms with Gasteiger partial charge in [0, 0.05) is 0 Å². The summed E-state index contributed by atoms with van der Waals surface area (Å²) in [5.41, 5.74) is -0.0252. The van der Waals surface area contributed by atoms with Gasteiger partial charge in [0.05, 0.1) is 5.60 Å². The minimum absolute atomic E-state index is 0.0252. The Hall–Kier alpha value is 1.02. The number of halogens is 1. The predicted octanol–water partition coefficient (Wildman–Crippen LogP) is 2.40. The smallest absolute Gasteiger partial charge is 0.398 e. The van der Waals surface area contributed by atoms with Gasteiger partial charge in [-0.1, -0.05) is 13.3 Å². The van der Waals surface area contributed by atoms with Gasteiger partial charge in [0.2, 0.25) is 0 Å². The molecule has 0 saturated heterocycles. The van der Waals surface area contributed by atoms with Crippen molar-refractivity contribution >= 4 is 28.3 Å². The molecule has 0 spiro atoms. The fourth-order valence-corrected chi connectivity index (χ4v) is 2.35. The van der Waals surface area contributed by atoms with E-state index in [0.29, 0.717) is 4.23 Å². The van der Waals surface area contributed by atoms with Gasteiger partial charge < -0.3 is 13.8 Å². The number of hydrogen-bond acceptors (Lipinski definition) is 1. The largest absolute Gasteiger partial charge is 0.537 e. The van der Waals surface area contributed by atoms with E-state index in [-0.39, 0.29) is 5.60 Å². The maximum Gasteiger partial charge on any atom is 0.537 e. The van der Waals surface area contributed by atoms with Crippen molar-refractivity contribution in [3.8, 4) is 0 Å². The first-order valence-corrected chi connectivity index (χ1v) is 6.69. The standard InChI is InChI=1S/C7H15O.ClH.Mg/c1-5-6-8-7(2,3)4;;/h6H,5H2,1-4H3;1H;/q;;+1/p-1. The van der Waals surface area contributed by atoms with Gasteiger partial charge in [0.25, 0.3) is 0 Å². The summed E-state index contributed by atoms with van der Waals surface area (Å²) in [6.45, 7) is 8.32. The van der Waals surface area contributed by atoms with Gasteiger partial charge in [-0.25, -0.2) is 0 Å². The average Bonchev–Trinajstić information content (AvgIpc) is 1.81. The van der Waals surface area contributed by atoms with E-state index >= 15 is 0 Å². The second-order valence-electron chi connectivity index (χ2n) is 3.41. The third kappa shape index (κ3) is 5.78. The molecule has 0 aromatic heterocycles. The predicted molar refractivity (Wildman–Crippen MR) is 46.5 cm³/mol. The molecule has 1 atom stereocenters. The zero-order valence-corrected chi connectivity index (χ0v) is 9.45. The van der Waals surface area contributed by atoms with E-state index in [1.54, 1.807) is 0 Å². The van der Waals surface area contributed by atoms with E-state index in [0.717, 1.165) is 6.42 Å². The highest BCUT2D eigenvalue weighted by atomic mass is 35.5. The second-order valence-corrected chi connectivity index (χ2v) is 5.56. The van der Waals surface area contributed by atoms with Crippen LogP contribution < -0.4 is 0 Å². The van der Waals surface area contributed by atoms with Crippen LogP contribution in [0.3, 0.4) is 0 Å². The zero-order valence-electron chi connectivity index (χ0n) is 7.28. The molecule has 0 aromatic carbocycles. The monoisotopic (exact) mass is 174 g/mol. The minimum atomic E-state index is -0.502. The molecule has 0 heterocycles. The molecule has 0 saturated carbocycles. The second kappa shape index (κ2) is 4.81. The first-order chi connectivity index (χ1) is 4.49. The normalized spacial score (nSPS) is 14.5. The van der Waals surface area contributed by atoms with Crippen molar-refractivity contribution < 1.29 is 4.74 Å². The summed E-state index contributed by atoms with van der Waals surface area (Å²) in [5, 5.41) is 0. The van der Waals surface area contributed by atoms with Crippen molar-refractivity contribution in [2.24, 2.45) is 0 Å². The van der Waals surface area contributed by atoms with Crippen molar-refractivity contribution in [1.82, 2.24) is 0 Å². The van der Waals surface area contributed by atoms with E-state index in [4.69, 9.17) is 13.8 Å². The molecule has 0 bridgehead atoms. The van der Waals surface area contributed by atoms with Crippen molar-refractivity contribution in [3.63, 3.8) is 0 Å². The molecule has 0 N–H and O–H groups in total. The Labute approximate surface area is 77.0 Å². The molecule has 0 radical (unpaired) electrons. The van der Waals surface area contributed by atoms with Crippen molar-refractivity contribution in [2.75, 3.05) is 0 Å². The molecular formula is C7H15ClMgO. The van der Waals surface area contributed by atoms with Gasteiger partial charge in [-0.15, -0.1) is 0 Å². The summed E-state index contributed by atoms with van der Waals surface area (Å²) in [5.74, 6) is 0. The number of ether oxygens (including phenoxy) is 1. The summed E-state index contributed by atoms with van der Waals surface area (Å²) in [7, 11) is 5.79. The molecule has 0 aromatic rings. The maximum atomic E-state index is 5.79. The minimum Gasteiger partial charge on any atom is -0.398 e. The molecule has 0 rings (SSSR count). The molecule has 0 amide bonds. The van der Waals surface area contributed by atoms with E-state index in [9.17, 15) is 0 Å². The highest BCUT2D eigenvalue weighted by molar-refractivity contribution is 6.94. The van der Waals surface area contributed by atoms with Gasteiger partial charge in [0.15, 0.2) is 0 Å². The SMILES string of the molecule is CC[CH](OC(C)(C)C)[Mg][Cl]. The van der Waals surface area contributed by atoms with Gasteiger partial charge in [0.1, 0.15) is 0 Å². The van der Waals surface area contributed by atoms with Gasteiger partial charge in [-0.2, -0.15) is 0 Å². The molecule has 3 heteroatoms. The molecule has 1 unspecified atom stereocenters. The van der Waals surface area contributed by atoms with Crippen molar-refractivity contribution in [1.29, 1.82) is 0 Å². The summed E-state index contributed by atoms with van der Waals surface area (Å²) >= 11 is -0.502. The van der Waals surface area contributed by atoms with Gasteiger partial charge in [-0.05, 0) is 25.0 Å². The molecule has 10 heavy (non-hydrogen) atoms. The van der Waals surface area contributed by atoms with Crippen LogP contribution >= 0.6 is 9.07 Å². The van der Waals surface area contributed by atoms with Crippen LogP contribution in [0.2, 0.25) is 0 Å². The lowest BCUT2D eigenvalue weighted by Crippen LogP contribution is -2.29. The first-order valence-electron chi connectivity index (χ1n) is 3.73. The van der Waals surface area contributed by atoms with Crippen LogP contribution in [0.4, 0.5) is 0 Å². The highest BCUT2D eigenvalue weighted by Gasteiger charge is 2.17. The third-order valence-corrected chi connectivity index (χ3v) is 3.27. The Kier molecular flexibility index (Phi) is 5.29. The molecule has 0 aliphatic carbocycles. The van der Waals surface area contributed by atoms with E-state index in [1.807, 2.05) is 0 Å². The quantitative estimate of drug-likeness (QED) is 0.598. The van der Waals surface area contributed by atoms with Gasteiger partial charge in [-0.3, -0.25) is 0 Å². The summed E-state index contributed by atoms with van der Waals surface area (Å²) in [6.07, 6.45) is 1.05. The Morgan fingerprint density at radius 2 is 2.00 bits per heavy atom. The Bertz CT molecular complexity index is 86.1. The Morgan fingerprint density at radius 3 is 2.10 bits per heavy atom. The van der Waals surface area contributed by atoms with Crippen LogP contribution in [0.25, 0.3) is 0 Å². The molecule has 58 valence electrons. The van der Waals surface area contributed by atoms with Crippen LogP contribution in [0.15, 0.2) is 0 Å². The number of rotatable bonds is 3. The van der Waals surface area contributed by atoms with E-state index < -0.39 is 19.3 Å². The number of hydrogen-bond donors (Lipinski definition) is 0. The van der Waals surface area contributed by atoms with Crippen LogP contribution in [-0.4, -0.2) is 29.1 Å². The highest BCUT2D eigenvalue weighted by Crippen LogP contribution is 2.12. The lowest BCUT2D eigenvalue weighted by molar-refractivity contribution is -0.0245. The van der Waals surface area contributed by atoms with E-state index in [2.05, 4.69) is 27.7 Å². The summed E-state index contributed by atoms with van der Waals surface area (Å²) in [4.78, 5) is 0.